The molecular formula is C17H15FINO3. The highest BCUT2D eigenvalue weighted by molar-refractivity contribution is 14.1. The van der Waals surface area contributed by atoms with E-state index in [9.17, 15) is 14.0 Å². The van der Waals surface area contributed by atoms with E-state index in [-0.39, 0.29) is 24.5 Å². The van der Waals surface area contributed by atoms with Crippen molar-refractivity contribution >= 4 is 40.2 Å². The smallest absolute Gasteiger partial charge is 0.311 e. The Hall–Kier alpha value is -1.96. The summed E-state index contributed by atoms with van der Waals surface area (Å²) in [5.74, 6) is -1.42. The molecule has 0 aliphatic carbocycles. The summed E-state index contributed by atoms with van der Waals surface area (Å²) < 4.78 is 19.3. The summed E-state index contributed by atoms with van der Waals surface area (Å²) in [5, 5.41) is 2.75. The number of rotatable bonds is 6. The number of para-hydroxylation sites is 1. The molecule has 0 bridgehead atoms. The summed E-state index contributed by atoms with van der Waals surface area (Å²) in [6.07, 6.45) is 0.580. The zero-order chi connectivity index (χ0) is 16.7. The molecule has 0 aromatic heterocycles. The fraction of sp³-hybridized carbons (Fsp3) is 0.176. The van der Waals surface area contributed by atoms with Crippen LogP contribution in [0.25, 0.3) is 0 Å². The van der Waals surface area contributed by atoms with Gasteiger partial charge >= 0.3 is 5.97 Å². The molecular weight excluding hydrogens is 412 g/mol. The van der Waals surface area contributed by atoms with Crippen molar-refractivity contribution in [2.45, 2.75) is 19.3 Å². The fourth-order valence-corrected chi connectivity index (χ4v) is 2.21. The third kappa shape index (κ3) is 5.97. The van der Waals surface area contributed by atoms with E-state index in [0.29, 0.717) is 12.1 Å². The van der Waals surface area contributed by atoms with Crippen molar-refractivity contribution in [2.75, 3.05) is 5.32 Å². The Morgan fingerprint density at radius 2 is 1.74 bits per heavy atom. The summed E-state index contributed by atoms with van der Waals surface area (Å²) in [7, 11) is 0. The molecule has 1 amide bonds. The van der Waals surface area contributed by atoms with Gasteiger partial charge in [0.1, 0.15) is 0 Å². The first-order valence-corrected chi connectivity index (χ1v) is 8.13. The summed E-state index contributed by atoms with van der Waals surface area (Å²) in [6.45, 7) is 0. The molecule has 0 saturated heterocycles. The van der Waals surface area contributed by atoms with Gasteiger partial charge in [-0.1, -0.05) is 12.1 Å². The number of amides is 1. The van der Waals surface area contributed by atoms with Crippen molar-refractivity contribution in [1.29, 1.82) is 0 Å². The molecule has 0 unspecified atom stereocenters. The van der Waals surface area contributed by atoms with E-state index in [1.54, 1.807) is 6.07 Å². The van der Waals surface area contributed by atoms with Gasteiger partial charge < -0.3 is 10.1 Å². The number of benzene rings is 2. The van der Waals surface area contributed by atoms with E-state index in [4.69, 9.17) is 4.74 Å². The van der Waals surface area contributed by atoms with Crippen LogP contribution in [0.3, 0.4) is 0 Å². The van der Waals surface area contributed by atoms with Gasteiger partial charge in [0.05, 0.1) is 0 Å². The molecule has 0 radical (unpaired) electrons. The van der Waals surface area contributed by atoms with Crippen LogP contribution < -0.4 is 10.1 Å². The average Bonchev–Trinajstić information content (AvgIpc) is 2.52. The maximum Gasteiger partial charge on any atom is 0.311 e. The second-order valence-corrected chi connectivity index (χ2v) is 6.06. The molecule has 0 aliphatic rings. The first-order valence-electron chi connectivity index (χ1n) is 7.05. The minimum atomic E-state index is -0.586. The van der Waals surface area contributed by atoms with Gasteiger partial charge in [-0.2, -0.15) is 0 Å². The zero-order valence-corrected chi connectivity index (χ0v) is 14.4. The Labute approximate surface area is 147 Å². The highest BCUT2D eigenvalue weighted by Gasteiger charge is 2.10. The minimum Gasteiger partial charge on any atom is -0.423 e. The number of ether oxygens (including phenoxy) is 1. The summed E-state index contributed by atoms with van der Waals surface area (Å²) in [6, 6.07) is 13.1. The molecule has 0 atom stereocenters. The summed E-state index contributed by atoms with van der Waals surface area (Å²) in [4.78, 5) is 23.4. The van der Waals surface area contributed by atoms with E-state index in [1.165, 1.54) is 18.2 Å². The molecule has 2 aromatic carbocycles. The van der Waals surface area contributed by atoms with Crippen LogP contribution >= 0.6 is 22.6 Å². The average molecular weight is 427 g/mol. The van der Waals surface area contributed by atoms with E-state index >= 15 is 0 Å². The molecule has 0 fully saturated rings. The second kappa shape index (κ2) is 8.61. The molecule has 2 rings (SSSR count). The van der Waals surface area contributed by atoms with Gasteiger partial charge in [-0.05, 0) is 65.4 Å². The molecule has 4 nitrogen and oxygen atoms in total. The first kappa shape index (κ1) is 17.4. The highest BCUT2D eigenvalue weighted by atomic mass is 127. The summed E-state index contributed by atoms with van der Waals surface area (Å²) >= 11 is 2.18. The van der Waals surface area contributed by atoms with Gasteiger partial charge in [0.2, 0.25) is 5.91 Å². The number of nitrogens with one attached hydrogen (secondary N) is 1. The standard InChI is InChI=1S/C17H15FINO3/c18-14-4-1-2-5-15(14)23-17(22)7-3-6-16(21)20-13-10-8-12(19)9-11-13/h1-2,4-5,8-11H,3,6-7H2,(H,20,21). The lowest BCUT2D eigenvalue weighted by atomic mass is 10.2. The molecule has 0 heterocycles. The number of esters is 1. The van der Waals surface area contributed by atoms with Crippen molar-refractivity contribution < 1.29 is 18.7 Å². The maximum absolute atomic E-state index is 13.3. The van der Waals surface area contributed by atoms with Crippen LogP contribution in [0.15, 0.2) is 48.5 Å². The van der Waals surface area contributed by atoms with Crippen molar-refractivity contribution in [3.05, 3.63) is 57.9 Å². The maximum atomic E-state index is 13.3. The molecule has 0 aliphatic heterocycles. The first-order chi connectivity index (χ1) is 11.0. The highest BCUT2D eigenvalue weighted by Crippen LogP contribution is 2.16. The fourth-order valence-electron chi connectivity index (χ4n) is 1.85. The predicted molar refractivity (Wildman–Crippen MR) is 93.7 cm³/mol. The van der Waals surface area contributed by atoms with Crippen LogP contribution in [-0.4, -0.2) is 11.9 Å². The van der Waals surface area contributed by atoms with Crippen molar-refractivity contribution in [1.82, 2.24) is 0 Å². The largest absolute Gasteiger partial charge is 0.423 e. The van der Waals surface area contributed by atoms with Gasteiger partial charge in [-0.3, -0.25) is 9.59 Å². The van der Waals surface area contributed by atoms with E-state index < -0.39 is 11.8 Å². The Morgan fingerprint density at radius 1 is 1.04 bits per heavy atom. The van der Waals surface area contributed by atoms with Gasteiger partial charge in [0.25, 0.3) is 0 Å². The van der Waals surface area contributed by atoms with Crippen LogP contribution in [0.5, 0.6) is 5.75 Å². The third-order valence-corrected chi connectivity index (χ3v) is 3.69. The number of hydrogen-bond donors (Lipinski definition) is 1. The molecule has 0 spiro atoms. The Kier molecular flexibility index (Phi) is 6.52. The van der Waals surface area contributed by atoms with Crippen LogP contribution in [0.1, 0.15) is 19.3 Å². The number of halogens is 2. The van der Waals surface area contributed by atoms with Gasteiger partial charge in [-0.25, -0.2) is 4.39 Å². The normalized spacial score (nSPS) is 10.2. The molecule has 1 N–H and O–H groups in total. The van der Waals surface area contributed by atoms with Crippen LogP contribution in [0, 0.1) is 9.39 Å². The van der Waals surface area contributed by atoms with E-state index in [2.05, 4.69) is 27.9 Å². The molecule has 120 valence electrons. The lowest BCUT2D eigenvalue weighted by Crippen LogP contribution is -2.13. The van der Waals surface area contributed by atoms with Crippen molar-refractivity contribution in [3.63, 3.8) is 0 Å². The van der Waals surface area contributed by atoms with Crippen LogP contribution in [-0.2, 0) is 9.59 Å². The number of carbonyl (C=O) groups excluding carboxylic acids is 2. The van der Waals surface area contributed by atoms with Crippen LogP contribution in [0.4, 0.5) is 10.1 Å². The number of carbonyl (C=O) groups is 2. The van der Waals surface area contributed by atoms with Crippen molar-refractivity contribution in [3.8, 4) is 5.75 Å². The SMILES string of the molecule is O=C(CCCC(=O)Oc1ccccc1F)Nc1ccc(I)cc1. The predicted octanol–water partition coefficient (Wildman–Crippen LogP) is 4.14. The molecule has 0 saturated carbocycles. The Bertz CT molecular complexity index is 688. The lowest BCUT2D eigenvalue weighted by Gasteiger charge is -2.06. The lowest BCUT2D eigenvalue weighted by molar-refractivity contribution is -0.134. The molecule has 2 aromatic rings. The van der Waals surface area contributed by atoms with Gasteiger partial charge in [-0.15, -0.1) is 0 Å². The van der Waals surface area contributed by atoms with E-state index in [0.717, 1.165) is 3.57 Å². The molecule has 23 heavy (non-hydrogen) atoms. The molecule has 6 heteroatoms. The second-order valence-electron chi connectivity index (χ2n) is 4.81. The monoisotopic (exact) mass is 427 g/mol. The zero-order valence-electron chi connectivity index (χ0n) is 12.2. The van der Waals surface area contributed by atoms with Crippen LogP contribution in [0.2, 0.25) is 0 Å². The van der Waals surface area contributed by atoms with Crippen molar-refractivity contribution in [2.24, 2.45) is 0 Å². The van der Waals surface area contributed by atoms with Gasteiger partial charge in [0.15, 0.2) is 11.6 Å². The minimum absolute atomic E-state index is 0.0500. The number of anilines is 1. The number of hydrogen-bond acceptors (Lipinski definition) is 3. The van der Waals surface area contributed by atoms with Gasteiger partial charge in [0, 0.05) is 22.1 Å². The topological polar surface area (TPSA) is 55.4 Å². The Balaban J connectivity index is 1.72. The Morgan fingerprint density at radius 3 is 2.43 bits per heavy atom. The summed E-state index contributed by atoms with van der Waals surface area (Å²) in [5.41, 5.74) is 0.712. The van der Waals surface area contributed by atoms with E-state index in [1.807, 2.05) is 24.3 Å². The quantitative estimate of drug-likeness (QED) is 0.428. The third-order valence-electron chi connectivity index (χ3n) is 2.97.